The molecule has 1 heterocycles. The molecule has 1 aliphatic heterocycles. The van der Waals surface area contributed by atoms with Gasteiger partial charge in [-0.05, 0) is 31.6 Å². The van der Waals surface area contributed by atoms with E-state index in [1.54, 1.807) is 13.0 Å². The van der Waals surface area contributed by atoms with Crippen LogP contribution < -0.4 is 0 Å². The van der Waals surface area contributed by atoms with Crippen LogP contribution in [0.25, 0.3) is 0 Å². The van der Waals surface area contributed by atoms with E-state index in [9.17, 15) is 24.3 Å². The lowest BCUT2D eigenvalue weighted by atomic mass is 9.85. The van der Waals surface area contributed by atoms with Gasteiger partial charge in [0.1, 0.15) is 24.9 Å². The smallest absolute Gasteiger partial charge is 0.336 e. The first-order valence-corrected chi connectivity index (χ1v) is 10.6. The number of hydrogen-bond donors (Lipinski definition) is 1. The van der Waals surface area contributed by atoms with Crippen LogP contribution in [0.1, 0.15) is 40.5 Å². The molecule has 0 saturated carbocycles. The highest BCUT2D eigenvalue weighted by Gasteiger charge is 2.45. The molecule has 9 nitrogen and oxygen atoms in total. The maximum absolute atomic E-state index is 12.8. The Hall–Kier alpha value is -3.20. The van der Waals surface area contributed by atoms with Gasteiger partial charge in [0, 0.05) is 32.3 Å². The van der Waals surface area contributed by atoms with Gasteiger partial charge in [-0.2, -0.15) is 0 Å². The van der Waals surface area contributed by atoms with Crippen LogP contribution in [0.3, 0.4) is 0 Å². The Morgan fingerprint density at radius 2 is 1.91 bits per heavy atom. The Bertz CT molecular complexity index is 909. The quantitative estimate of drug-likeness (QED) is 0.273. The van der Waals surface area contributed by atoms with Gasteiger partial charge in [-0.25, -0.2) is 9.59 Å². The van der Waals surface area contributed by atoms with Gasteiger partial charge >= 0.3 is 23.9 Å². The first-order chi connectivity index (χ1) is 15.5. The monoisotopic (exact) mass is 462 g/mol. The standard InChI is InChI=1S/C24H30O9/c1-13-6-7-19(31-17(5)27)14(2)11-21-22(15(3)23(28)32-21)20(10-13)33-24(29)18(12-25)8-9-30-16(4)26/h6,8,11,19-22,25H,3,7,9-10,12H2,1-2,4-5H3/b13-6-,14-11-,18-8+/t19-,20+,21+,22+/m0/s1. The number of ether oxygens (including phenoxy) is 4. The molecular weight excluding hydrogens is 432 g/mol. The molecular formula is C24H30O9. The molecule has 4 atom stereocenters. The van der Waals surface area contributed by atoms with Crippen LogP contribution >= 0.6 is 0 Å². The van der Waals surface area contributed by atoms with E-state index >= 15 is 0 Å². The zero-order valence-corrected chi connectivity index (χ0v) is 19.3. The van der Waals surface area contributed by atoms with E-state index in [-0.39, 0.29) is 24.2 Å². The summed E-state index contributed by atoms with van der Waals surface area (Å²) in [7, 11) is 0. The highest BCUT2D eigenvalue weighted by atomic mass is 16.6. The number of esters is 4. The van der Waals surface area contributed by atoms with Crippen molar-refractivity contribution in [2.75, 3.05) is 13.2 Å². The summed E-state index contributed by atoms with van der Waals surface area (Å²) in [6.45, 7) is 9.19. The maximum Gasteiger partial charge on any atom is 0.336 e. The molecule has 2 aliphatic rings. The Kier molecular flexibility index (Phi) is 9.16. The van der Waals surface area contributed by atoms with Crippen LogP contribution in [0.4, 0.5) is 0 Å². The molecule has 1 saturated heterocycles. The number of aliphatic hydroxyl groups is 1. The number of aliphatic hydroxyl groups excluding tert-OH is 1. The van der Waals surface area contributed by atoms with E-state index in [2.05, 4.69) is 6.58 Å². The molecule has 9 heteroatoms. The summed E-state index contributed by atoms with van der Waals surface area (Å²) in [4.78, 5) is 47.5. The Morgan fingerprint density at radius 1 is 1.21 bits per heavy atom. The summed E-state index contributed by atoms with van der Waals surface area (Å²) in [5.41, 5.74) is 1.62. The lowest BCUT2D eigenvalue weighted by Gasteiger charge is -2.28. The summed E-state index contributed by atoms with van der Waals surface area (Å²) < 4.78 is 21.4. The third-order valence-electron chi connectivity index (χ3n) is 5.42. The number of carbonyl (C=O) groups excluding carboxylic acids is 4. The van der Waals surface area contributed by atoms with Gasteiger partial charge in [0.2, 0.25) is 0 Å². The first-order valence-electron chi connectivity index (χ1n) is 10.6. The number of rotatable bonds is 6. The summed E-state index contributed by atoms with van der Waals surface area (Å²) in [6, 6.07) is 0. The highest BCUT2D eigenvalue weighted by molar-refractivity contribution is 5.92. The molecule has 0 aromatic carbocycles. The van der Waals surface area contributed by atoms with E-state index in [4.69, 9.17) is 18.9 Å². The van der Waals surface area contributed by atoms with Gasteiger partial charge in [-0.1, -0.05) is 18.2 Å². The minimum Gasteiger partial charge on any atom is -0.462 e. The molecule has 1 aliphatic carbocycles. The van der Waals surface area contributed by atoms with Crippen molar-refractivity contribution in [3.8, 4) is 0 Å². The SMILES string of the molecule is C=C1C(=O)O[C@@H]2/C=C(/C)[C@@H](OC(C)=O)C/C=C(/C)C[C@@H](OC(=O)/C(=C/COC(C)=O)CO)[C@@H]12. The van der Waals surface area contributed by atoms with Crippen molar-refractivity contribution >= 4 is 23.9 Å². The summed E-state index contributed by atoms with van der Waals surface area (Å²) >= 11 is 0. The summed E-state index contributed by atoms with van der Waals surface area (Å²) in [6.07, 6.45) is 3.42. The fourth-order valence-corrected chi connectivity index (χ4v) is 3.71. The molecule has 1 fully saturated rings. The van der Waals surface area contributed by atoms with Gasteiger partial charge in [-0.15, -0.1) is 0 Å². The largest absolute Gasteiger partial charge is 0.462 e. The molecule has 0 amide bonds. The second-order valence-electron chi connectivity index (χ2n) is 8.05. The van der Waals surface area contributed by atoms with Crippen molar-refractivity contribution < 1.29 is 43.2 Å². The van der Waals surface area contributed by atoms with E-state index in [0.717, 1.165) is 5.57 Å². The third-order valence-corrected chi connectivity index (χ3v) is 5.42. The van der Waals surface area contributed by atoms with Crippen molar-refractivity contribution in [3.63, 3.8) is 0 Å². The second kappa shape index (κ2) is 11.6. The number of fused-ring (bicyclic) bond motifs is 1. The van der Waals surface area contributed by atoms with Crippen molar-refractivity contribution in [2.24, 2.45) is 5.92 Å². The maximum atomic E-state index is 12.8. The Morgan fingerprint density at radius 3 is 2.52 bits per heavy atom. The van der Waals surface area contributed by atoms with Crippen molar-refractivity contribution in [2.45, 2.75) is 58.8 Å². The minimum atomic E-state index is -0.810. The summed E-state index contributed by atoms with van der Waals surface area (Å²) in [5.74, 6) is -3.04. The van der Waals surface area contributed by atoms with Crippen molar-refractivity contribution in [3.05, 3.63) is 47.1 Å². The van der Waals surface area contributed by atoms with Crippen LogP contribution in [-0.4, -0.2) is 60.5 Å². The van der Waals surface area contributed by atoms with Gasteiger partial charge in [-0.3, -0.25) is 9.59 Å². The molecule has 0 radical (unpaired) electrons. The second-order valence-corrected chi connectivity index (χ2v) is 8.05. The van der Waals surface area contributed by atoms with Crippen LogP contribution in [0, 0.1) is 5.92 Å². The predicted molar refractivity (Wildman–Crippen MR) is 116 cm³/mol. The average Bonchev–Trinajstić information content (AvgIpc) is 2.99. The fourth-order valence-electron chi connectivity index (χ4n) is 3.71. The molecule has 1 N–H and O–H groups in total. The van der Waals surface area contributed by atoms with Crippen molar-refractivity contribution in [1.82, 2.24) is 0 Å². The predicted octanol–water partition coefficient (Wildman–Crippen LogP) is 2.10. The zero-order valence-electron chi connectivity index (χ0n) is 19.3. The fraction of sp³-hybridized carbons (Fsp3) is 0.500. The highest BCUT2D eigenvalue weighted by Crippen LogP contribution is 2.36. The van der Waals surface area contributed by atoms with Crippen LogP contribution in [-0.2, 0) is 38.1 Å². The van der Waals surface area contributed by atoms with Crippen LogP contribution in [0.15, 0.2) is 47.1 Å². The van der Waals surface area contributed by atoms with E-state index in [0.29, 0.717) is 12.0 Å². The van der Waals surface area contributed by atoms with Crippen molar-refractivity contribution in [1.29, 1.82) is 0 Å². The normalized spacial score (nSPS) is 28.9. The molecule has 2 rings (SSSR count). The minimum absolute atomic E-state index is 0.0796. The molecule has 0 spiro atoms. The molecule has 0 aromatic heterocycles. The van der Waals surface area contributed by atoms with Crippen LogP contribution in [0.5, 0.6) is 0 Å². The van der Waals surface area contributed by atoms with Gasteiger partial charge in [0.05, 0.1) is 18.1 Å². The van der Waals surface area contributed by atoms with E-state index in [1.165, 1.54) is 19.9 Å². The summed E-state index contributed by atoms with van der Waals surface area (Å²) in [5, 5.41) is 9.57. The molecule has 0 aromatic rings. The van der Waals surface area contributed by atoms with Crippen LogP contribution in [0.2, 0.25) is 0 Å². The average molecular weight is 462 g/mol. The molecule has 0 bridgehead atoms. The van der Waals surface area contributed by atoms with Gasteiger partial charge in [0.25, 0.3) is 0 Å². The Balaban J connectivity index is 2.36. The zero-order chi connectivity index (χ0) is 24.7. The van der Waals surface area contributed by atoms with Gasteiger partial charge < -0.3 is 24.1 Å². The molecule has 0 unspecified atom stereocenters. The lowest BCUT2D eigenvalue weighted by Crippen LogP contribution is -2.34. The number of carbonyl (C=O) groups is 4. The van der Waals surface area contributed by atoms with E-state index in [1.807, 2.05) is 13.0 Å². The van der Waals surface area contributed by atoms with Gasteiger partial charge in [0.15, 0.2) is 0 Å². The molecule has 180 valence electrons. The third kappa shape index (κ3) is 7.15. The first kappa shape index (κ1) is 26.1. The van der Waals surface area contributed by atoms with E-state index < -0.39 is 54.7 Å². The molecule has 33 heavy (non-hydrogen) atoms. The lowest BCUT2D eigenvalue weighted by molar-refractivity contribution is -0.148. The topological polar surface area (TPSA) is 125 Å². The Labute approximate surface area is 192 Å². The number of hydrogen-bond acceptors (Lipinski definition) is 9.